The summed E-state index contributed by atoms with van der Waals surface area (Å²) in [6, 6.07) is 24.0. The van der Waals surface area contributed by atoms with E-state index >= 15 is 0 Å². The summed E-state index contributed by atoms with van der Waals surface area (Å²) in [6.45, 7) is 10.2. The maximum atomic E-state index is 12.9. The highest BCUT2D eigenvalue weighted by Gasteiger charge is 2.33. The summed E-state index contributed by atoms with van der Waals surface area (Å²) >= 11 is 6.84. The van der Waals surface area contributed by atoms with E-state index in [4.69, 9.17) is 21.1 Å². The van der Waals surface area contributed by atoms with Gasteiger partial charge in [-0.2, -0.15) is 0 Å². The first kappa shape index (κ1) is 26.6. The van der Waals surface area contributed by atoms with Gasteiger partial charge in [0, 0.05) is 53.6 Å². The van der Waals surface area contributed by atoms with Gasteiger partial charge in [0.15, 0.2) is 0 Å². The number of nitrogens with one attached hydrogen (secondary N) is 1. The number of hydrogen-bond donors (Lipinski definition) is 1. The lowest BCUT2D eigenvalue weighted by molar-refractivity contribution is 0.0599. The van der Waals surface area contributed by atoms with Crippen molar-refractivity contribution in [3.63, 3.8) is 0 Å². The summed E-state index contributed by atoms with van der Waals surface area (Å²) in [5.74, 6) is 0.785. The number of hydrogen-bond acceptors (Lipinski definition) is 5. The minimum Gasteiger partial charge on any atom is -0.465 e. The third-order valence-corrected chi connectivity index (χ3v) is 7.80. The molecule has 5 nitrogen and oxygen atoms in total. The lowest BCUT2D eigenvalue weighted by atomic mass is 9.80. The maximum absolute atomic E-state index is 12.9. The van der Waals surface area contributed by atoms with Crippen molar-refractivity contribution in [2.75, 3.05) is 30.4 Å². The number of para-hydroxylation sites is 1. The van der Waals surface area contributed by atoms with Crippen molar-refractivity contribution in [3.8, 4) is 11.5 Å². The molecule has 0 bridgehead atoms. The monoisotopic (exact) mass is 540 g/mol. The van der Waals surface area contributed by atoms with Crippen molar-refractivity contribution in [1.82, 2.24) is 0 Å². The number of rotatable bonds is 7. The predicted molar refractivity (Wildman–Crippen MR) is 159 cm³/mol. The summed E-state index contributed by atoms with van der Waals surface area (Å²) in [4.78, 5) is 15.1. The van der Waals surface area contributed by atoms with Gasteiger partial charge in [0.1, 0.15) is 11.5 Å². The first-order valence-electron chi connectivity index (χ1n) is 13.3. The smallest absolute Gasteiger partial charge is 0.338 e. The third kappa shape index (κ3) is 4.95. The van der Waals surface area contributed by atoms with Crippen LogP contribution in [0.4, 0.5) is 17.1 Å². The minimum absolute atomic E-state index is 0.263. The highest BCUT2D eigenvalue weighted by atomic mass is 35.5. The van der Waals surface area contributed by atoms with Crippen molar-refractivity contribution >= 4 is 34.6 Å². The van der Waals surface area contributed by atoms with Gasteiger partial charge in [-0.3, -0.25) is 0 Å². The molecule has 4 aromatic carbocycles. The fraction of sp³-hybridized carbons (Fsp3) is 0.242. The molecule has 1 aliphatic heterocycles. The first-order valence-corrected chi connectivity index (χ1v) is 13.6. The Hall–Kier alpha value is -3.96. The normalized spacial score (nSPS) is 13.6. The summed E-state index contributed by atoms with van der Waals surface area (Å²) in [7, 11) is 1.41. The van der Waals surface area contributed by atoms with E-state index in [1.165, 1.54) is 7.11 Å². The SMILES string of the molecule is CCN(CC)c1ccc2c(c1)Oc1cc(Cl)c(Nc3c(C)cccc3C)cc1C2c1ccccc1C(=O)OC. The molecule has 0 amide bonds. The average molecular weight is 541 g/mol. The van der Waals surface area contributed by atoms with Crippen molar-refractivity contribution in [3.05, 3.63) is 111 Å². The van der Waals surface area contributed by atoms with Crippen molar-refractivity contribution in [1.29, 1.82) is 0 Å². The Balaban J connectivity index is 1.71. The number of nitrogens with zero attached hydrogens (tertiary/aromatic N) is 1. The van der Waals surface area contributed by atoms with Crippen LogP contribution in [0.15, 0.2) is 72.8 Å². The van der Waals surface area contributed by atoms with Crippen LogP contribution in [0.1, 0.15) is 57.9 Å². The largest absolute Gasteiger partial charge is 0.465 e. The molecule has 39 heavy (non-hydrogen) atoms. The number of halogens is 1. The molecule has 0 saturated carbocycles. The van der Waals surface area contributed by atoms with Crippen LogP contribution >= 0.6 is 11.6 Å². The Morgan fingerprint density at radius 1 is 0.897 bits per heavy atom. The zero-order valence-corrected chi connectivity index (χ0v) is 23.7. The number of ether oxygens (including phenoxy) is 2. The molecule has 1 atom stereocenters. The van der Waals surface area contributed by atoms with E-state index in [1.54, 1.807) is 0 Å². The zero-order chi connectivity index (χ0) is 27.7. The van der Waals surface area contributed by atoms with Gasteiger partial charge in [-0.05, 0) is 62.6 Å². The number of carbonyl (C=O) groups is 1. The van der Waals surface area contributed by atoms with Gasteiger partial charge in [-0.25, -0.2) is 4.79 Å². The van der Waals surface area contributed by atoms with E-state index in [0.29, 0.717) is 16.3 Å². The topological polar surface area (TPSA) is 50.8 Å². The average Bonchev–Trinajstić information content (AvgIpc) is 2.94. The van der Waals surface area contributed by atoms with Gasteiger partial charge < -0.3 is 19.7 Å². The summed E-state index contributed by atoms with van der Waals surface area (Å²) in [5, 5.41) is 4.11. The summed E-state index contributed by atoms with van der Waals surface area (Å²) < 4.78 is 11.7. The van der Waals surface area contributed by atoms with E-state index < -0.39 is 0 Å². The molecular formula is C33H33ClN2O3. The van der Waals surface area contributed by atoms with Gasteiger partial charge in [0.25, 0.3) is 0 Å². The molecule has 0 aliphatic carbocycles. The van der Waals surface area contributed by atoms with Gasteiger partial charge in [-0.1, -0.05) is 54.1 Å². The third-order valence-electron chi connectivity index (χ3n) is 7.49. The van der Waals surface area contributed by atoms with E-state index in [0.717, 1.165) is 63.7 Å². The maximum Gasteiger partial charge on any atom is 0.338 e. The van der Waals surface area contributed by atoms with Gasteiger partial charge in [-0.15, -0.1) is 0 Å². The first-order chi connectivity index (χ1) is 18.9. The molecule has 1 unspecified atom stereocenters. The van der Waals surface area contributed by atoms with E-state index in [2.05, 4.69) is 68.2 Å². The standard InChI is InChI=1S/C33H33ClN2O3/c1-6-36(7-2)22-15-16-25-29(17-22)39-30-19-27(34)28(35-32-20(3)11-10-12-21(32)4)18-26(30)31(25)23-13-8-9-14-24(23)33(37)38-5/h8-19,31,35H,6-7H2,1-5H3. The molecule has 1 N–H and O–H groups in total. The second-order valence-corrected chi connectivity index (χ2v) is 10.2. The molecule has 0 saturated heterocycles. The van der Waals surface area contributed by atoms with Crippen LogP contribution in [0.3, 0.4) is 0 Å². The van der Waals surface area contributed by atoms with Crippen LogP contribution in [0.2, 0.25) is 5.02 Å². The van der Waals surface area contributed by atoms with Crippen molar-refractivity contribution in [2.45, 2.75) is 33.6 Å². The number of benzene rings is 4. The second kappa shape index (κ2) is 11.0. The summed E-state index contributed by atoms with van der Waals surface area (Å²) in [5.41, 5.74) is 8.42. The highest BCUT2D eigenvalue weighted by molar-refractivity contribution is 6.33. The van der Waals surface area contributed by atoms with E-state index in [9.17, 15) is 4.79 Å². The zero-order valence-electron chi connectivity index (χ0n) is 23.0. The Bertz CT molecular complexity index is 1520. The highest BCUT2D eigenvalue weighted by Crippen LogP contribution is 2.51. The number of aryl methyl sites for hydroxylation is 2. The molecule has 1 aliphatic rings. The number of carbonyl (C=O) groups excluding carboxylic acids is 1. The molecule has 200 valence electrons. The molecule has 0 fully saturated rings. The Labute approximate surface area is 235 Å². The van der Waals surface area contributed by atoms with Crippen molar-refractivity contribution in [2.24, 2.45) is 0 Å². The minimum atomic E-state index is -0.372. The quantitative estimate of drug-likeness (QED) is 0.209. The molecule has 1 heterocycles. The van der Waals surface area contributed by atoms with Crippen LogP contribution in [0.5, 0.6) is 11.5 Å². The van der Waals surface area contributed by atoms with Crippen LogP contribution in [-0.2, 0) is 4.74 Å². The van der Waals surface area contributed by atoms with Gasteiger partial charge in [0.05, 0.1) is 23.4 Å². The second-order valence-electron chi connectivity index (χ2n) is 9.77. The molecule has 6 heteroatoms. The molecule has 4 aromatic rings. The molecule has 5 rings (SSSR count). The molecule has 0 aromatic heterocycles. The Kier molecular flexibility index (Phi) is 7.53. The van der Waals surface area contributed by atoms with Crippen LogP contribution in [0.25, 0.3) is 0 Å². The lowest BCUT2D eigenvalue weighted by Crippen LogP contribution is -2.22. The van der Waals surface area contributed by atoms with Gasteiger partial charge in [0.2, 0.25) is 0 Å². The molecular weight excluding hydrogens is 508 g/mol. The number of methoxy groups -OCH3 is 1. The predicted octanol–water partition coefficient (Wildman–Crippen LogP) is 8.62. The van der Waals surface area contributed by atoms with Gasteiger partial charge >= 0.3 is 5.97 Å². The number of esters is 1. The summed E-state index contributed by atoms with van der Waals surface area (Å²) in [6.07, 6.45) is 0. The molecule has 0 radical (unpaired) electrons. The Morgan fingerprint density at radius 2 is 1.59 bits per heavy atom. The number of fused-ring (bicyclic) bond motifs is 2. The number of anilines is 3. The Morgan fingerprint density at radius 3 is 2.28 bits per heavy atom. The fourth-order valence-corrected chi connectivity index (χ4v) is 5.63. The lowest BCUT2D eigenvalue weighted by Gasteiger charge is -2.32. The van der Waals surface area contributed by atoms with E-state index in [-0.39, 0.29) is 11.9 Å². The van der Waals surface area contributed by atoms with E-state index in [1.807, 2.05) is 42.5 Å². The van der Waals surface area contributed by atoms with Crippen LogP contribution < -0.4 is 15.0 Å². The fourth-order valence-electron chi connectivity index (χ4n) is 5.43. The van der Waals surface area contributed by atoms with Crippen molar-refractivity contribution < 1.29 is 14.3 Å². The van der Waals surface area contributed by atoms with Crippen LogP contribution in [0, 0.1) is 13.8 Å². The molecule has 0 spiro atoms. The van der Waals surface area contributed by atoms with Crippen LogP contribution in [-0.4, -0.2) is 26.2 Å².